The van der Waals surface area contributed by atoms with Crippen molar-refractivity contribution in [1.29, 1.82) is 0 Å². The highest BCUT2D eigenvalue weighted by Crippen LogP contribution is 2.19. The minimum absolute atomic E-state index is 0.000533. The van der Waals surface area contributed by atoms with E-state index in [-0.39, 0.29) is 18.6 Å². The SMILES string of the molecule is CCOc1ccc(OCC(=O)N2CCCC(Oc3ccncc3)C2)cc1. The second kappa shape index (κ2) is 9.08. The fourth-order valence-corrected chi connectivity index (χ4v) is 2.91. The van der Waals surface area contributed by atoms with E-state index < -0.39 is 0 Å². The van der Waals surface area contributed by atoms with Gasteiger partial charge in [0.1, 0.15) is 23.4 Å². The van der Waals surface area contributed by atoms with Gasteiger partial charge in [-0.3, -0.25) is 9.78 Å². The smallest absolute Gasteiger partial charge is 0.260 e. The Morgan fingerprint density at radius 3 is 2.46 bits per heavy atom. The number of hydrogen-bond donors (Lipinski definition) is 0. The number of likely N-dealkylation sites (tertiary alicyclic amines) is 1. The number of rotatable bonds is 7. The lowest BCUT2D eigenvalue weighted by Gasteiger charge is -2.32. The Kier molecular flexibility index (Phi) is 6.30. The lowest BCUT2D eigenvalue weighted by Crippen LogP contribution is -2.46. The van der Waals surface area contributed by atoms with E-state index in [4.69, 9.17) is 14.2 Å². The van der Waals surface area contributed by atoms with Gasteiger partial charge >= 0.3 is 0 Å². The molecular weight excluding hydrogens is 332 g/mol. The lowest BCUT2D eigenvalue weighted by molar-refractivity contribution is -0.136. The molecule has 6 heteroatoms. The quantitative estimate of drug-likeness (QED) is 0.763. The van der Waals surface area contributed by atoms with Crippen LogP contribution in [0.5, 0.6) is 17.2 Å². The van der Waals surface area contributed by atoms with E-state index in [9.17, 15) is 4.79 Å². The molecule has 3 rings (SSSR count). The number of benzene rings is 1. The fourth-order valence-electron chi connectivity index (χ4n) is 2.91. The van der Waals surface area contributed by atoms with Crippen molar-refractivity contribution in [2.24, 2.45) is 0 Å². The van der Waals surface area contributed by atoms with Crippen LogP contribution in [0.3, 0.4) is 0 Å². The molecule has 1 aromatic heterocycles. The van der Waals surface area contributed by atoms with E-state index in [0.717, 1.165) is 30.9 Å². The maximum atomic E-state index is 12.4. The Morgan fingerprint density at radius 2 is 1.77 bits per heavy atom. The number of carbonyl (C=O) groups excluding carboxylic acids is 1. The molecule has 1 amide bonds. The highest BCUT2D eigenvalue weighted by atomic mass is 16.5. The Balaban J connectivity index is 1.47. The van der Waals surface area contributed by atoms with Crippen LogP contribution in [0.1, 0.15) is 19.8 Å². The van der Waals surface area contributed by atoms with Crippen LogP contribution in [0.15, 0.2) is 48.8 Å². The zero-order chi connectivity index (χ0) is 18.2. The minimum Gasteiger partial charge on any atom is -0.494 e. The third kappa shape index (κ3) is 5.12. The Morgan fingerprint density at radius 1 is 1.08 bits per heavy atom. The molecule has 6 nitrogen and oxygen atoms in total. The van der Waals surface area contributed by atoms with Gasteiger partial charge in [0.2, 0.25) is 0 Å². The van der Waals surface area contributed by atoms with Crippen LogP contribution >= 0.6 is 0 Å². The van der Waals surface area contributed by atoms with Gasteiger partial charge < -0.3 is 19.1 Å². The van der Waals surface area contributed by atoms with Crippen LogP contribution in [0.4, 0.5) is 0 Å². The Hall–Kier alpha value is -2.76. The molecule has 1 aliphatic heterocycles. The summed E-state index contributed by atoms with van der Waals surface area (Å²) >= 11 is 0. The minimum atomic E-state index is -0.0260. The average Bonchev–Trinajstić information content (AvgIpc) is 2.68. The molecular formula is C20H24N2O4. The molecule has 2 aromatic rings. The molecule has 1 unspecified atom stereocenters. The van der Waals surface area contributed by atoms with E-state index in [1.165, 1.54) is 0 Å². The summed E-state index contributed by atoms with van der Waals surface area (Å²) < 4.78 is 17.0. The largest absolute Gasteiger partial charge is 0.494 e. The first-order valence-corrected chi connectivity index (χ1v) is 8.94. The Labute approximate surface area is 153 Å². The maximum Gasteiger partial charge on any atom is 0.260 e. The van der Waals surface area contributed by atoms with E-state index in [0.29, 0.717) is 18.9 Å². The summed E-state index contributed by atoms with van der Waals surface area (Å²) in [6.45, 7) is 3.90. The third-order valence-corrected chi connectivity index (χ3v) is 4.18. The molecule has 0 spiro atoms. The molecule has 138 valence electrons. The van der Waals surface area contributed by atoms with Crippen molar-refractivity contribution in [2.75, 3.05) is 26.3 Å². The maximum absolute atomic E-state index is 12.4. The lowest BCUT2D eigenvalue weighted by atomic mass is 10.1. The molecule has 0 radical (unpaired) electrons. The normalized spacial score (nSPS) is 16.8. The van der Waals surface area contributed by atoms with Crippen LogP contribution in [0, 0.1) is 0 Å². The van der Waals surface area contributed by atoms with E-state index in [1.54, 1.807) is 12.4 Å². The summed E-state index contributed by atoms with van der Waals surface area (Å²) in [5, 5.41) is 0. The van der Waals surface area contributed by atoms with Gasteiger partial charge in [0, 0.05) is 18.9 Å². The zero-order valence-electron chi connectivity index (χ0n) is 15.0. The second-order valence-corrected chi connectivity index (χ2v) is 6.10. The molecule has 1 fully saturated rings. The summed E-state index contributed by atoms with van der Waals surface area (Å²) in [6, 6.07) is 10.9. The van der Waals surface area contributed by atoms with Crippen molar-refractivity contribution < 1.29 is 19.0 Å². The van der Waals surface area contributed by atoms with E-state index in [2.05, 4.69) is 4.98 Å². The van der Waals surface area contributed by atoms with Crippen LogP contribution in [-0.2, 0) is 4.79 Å². The summed E-state index contributed by atoms with van der Waals surface area (Å²) in [7, 11) is 0. The van der Waals surface area contributed by atoms with Gasteiger partial charge in [0.05, 0.1) is 13.2 Å². The molecule has 1 saturated heterocycles. The van der Waals surface area contributed by atoms with Gasteiger partial charge in [0.25, 0.3) is 5.91 Å². The fraction of sp³-hybridized carbons (Fsp3) is 0.400. The van der Waals surface area contributed by atoms with Gasteiger partial charge in [-0.25, -0.2) is 0 Å². The Bertz CT molecular complexity index is 691. The topological polar surface area (TPSA) is 60.9 Å². The van der Waals surface area contributed by atoms with Crippen LogP contribution < -0.4 is 14.2 Å². The molecule has 0 N–H and O–H groups in total. The predicted molar refractivity (Wildman–Crippen MR) is 97.6 cm³/mol. The first-order valence-electron chi connectivity index (χ1n) is 8.94. The number of piperidine rings is 1. The number of amides is 1. The van der Waals surface area contributed by atoms with E-state index in [1.807, 2.05) is 48.2 Å². The average molecular weight is 356 g/mol. The zero-order valence-corrected chi connectivity index (χ0v) is 15.0. The van der Waals surface area contributed by atoms with E-state index >= 15 is 0 Å². The van der Waals surface area contributed by atoms with Gasteiger partial charge in [-0.1, -0.05) is 0 Å². The molecule has 1 atom stereocenters. The van der Waals surface area contributed by atoms with Crippen molar-refractivity contribution >= 4 is 5.91 Å². The molecule has 26 heavy (non-hydrogen) atoms. The monoisotopic (exact) mass is 356 g/mol. The summed E-state index contributed by atoms with van der Waals surface area (Å²) in [5.41, 5.74) is 0. The molecule has 1 aliphatic rings. The number of carbonyl (C=O) groups is 1. The second-order valence-electron chi connectivity index (χ2n) is 6.10. The highest BCUT2D eigenvalue weighted by Gasteiger charge is 2.25. The van der Waals surface area contributed by atoms with Gasteiger partial charge in [0.15, 0.2) is 6.61 Å². The van der Waals surface area contributed by atoms with Crippen LogP contribution in [0.2, 0.25) is 0 Å². The first-order chi connectivity index (χ1) is 12.7. The molecule has 2 heterocycles. The summed E-state index contributed by atoms with van der Waals surface area (Å²) in [5.74, 6) is 2.20. The van der Waals surface area contributed by atoms with Crippen molar-refractivity contribution in [2.45, 2.75) is 25.9 Å². The number of hydrogen-bond acceptors (Lipinski definition) is 5. The molecule has 0 aliphatic carbocycles. The summed E-state index contributed by atoms with van der Waals surface area (Å²) in [4.78, 5) is 18.2. The molecule has 1 aromatic carbocycles. The standard InChI is InChI=1S/C20H24N2O4/c1-2-24-16-5-7-17(8-6-16)25-15-20(23)22-13-3-4-19(14-22)26-18-9-11-21-12-10-18/h5-12,19H,2-4,13-15H2,1H3. The van der Waals surface area contributed by atoms with Crippen LogP contribution in [0.25, 0.3) is 0 Å². The molecule has 0 bridgehead atoms. The highest BCUT2D eigenvalue weighted by molar-refractivity contribution is 5.77. The predicted octanol–water partition coefficient (Wildman–Crippen LogP) is 2.93. The van der Waals surface area contributed by atoms with Crippen molar-refractivity contribution in [3.63, 3.8) is 0 Å². The van der Waals surface area contributed by atoms with Gasteiger partial charge in [-0.15, -0.1) is 0 Å². The van der Waals surface area contributed by atoms with Crippen molar-refractivity contribution in [3.8, 4) is 17.2 Å². The van der Waals surface area contributed by atoms with Gasteiger partial charge in [-0.05, 0) is 56.2 Å². The number of aromatic nitrogens is 1. The van der Waals surface area contributed by atoms with Crippen molar-refractivity contribution in [3.05, 3.63) is 48.8 Å². The molecule has 0 saturated carbocycles. The van der Waals surface area contributed by atoms with Crippen molar-refractivity contribution in [1.82, 2.24) is 9.88 Å². The number of nitrogens with zero attached hydrogens (tertiary/aromatic N) is 2. The van der Waals surface area contributed by atoms with Crippen LogP contribution in [-0.4, -0.2) is 48.2 Å². The number of pyridine rings is 1. The number of ether oxygens (including phenoxy) is 3. The van der Waals surface area contributed by atoms with Gasteiger partial charge in [-0.2, -0.15) is 0 Å². The third-order valence-electron chi connectivity index (χ3n) is 4.18. The first kappa shape index (κ1) is 18.0. The summed E-state index contributed by atoms with van der Waals surface area (Å²) in [6.07, 6.45) is 5.26.